The van der Waals surface area contributed by atoms with Crippen LogP contribution in [0, 0.1) is 0 Å². The van der Waals surface area contributed by atoms with Gasteiger partial charge in [-0.3, -0.25) is 0 Å². The van der Waals surface area contributed by atoms with Crippen molar-refractivity contribution in [2.45, 2.75) is 6.61 Å². The van der Waals surface area contributed by atoms with Gasteiger partial charge in [-0.15, -0.1) is 0 Å². The Labute approximate surface area is 145 Å². The Morgan fingerprint density at radius 3 is 2.75 bits per heavy atom. The van der Waals surface area contributed by atoms with Gasteiger partial charge in [0.15, 0.2) is 0 Å². The van der Waals surface area contributed by atoms with Crippen molar-refractivity contribution in [3.8, 4) is 12.0 Å². The molecule has 0 atom stereocenters. The molecule has 0 saturated carbocycles. The van der Waals surface area contributed by atoms with Crippen LogP contribution in [0.4, 0.5) is 0 Å². The van der Waals surface area contributed by atoms with E-state index in [1.807, 2.05) is 42.5 Å². The molecule has 0 radical (unpaired) electrons. The molecular formula is C15H12BrN7O. The maximum absolute atomic E-state index is 5.90. The number of hydrogen-bond acceptors (Lipinski definition) is 6. The topological polar surface area (TPSA) is 83.5 Å². The lowest BCUT2D eigenvalue weighted by atomic mass is 10.3. The van der Waals surface area contributed by atoms with Gasteiger partial charge in [-0.2, -0.15) is 4.98 Å². The third-order valence-corrected chi connectivity index (χ3v) is 3.89. The zero-order chi connectivity index (χ0) is 16.5. The summed E-state index contributed by atoms with van der Waals surface area (Å²) in [6.07, 6.45) is 0. The summed E-state index contributed by atoms with van der Waals surface area (Å²) in [7, 11) is 1.77. The average Bonchev–Trinajstić information content (AvgIpc) is 3.15. The van der Waals surface area contributed by atoms with Crippen LogP contribution in [-0.2, 0) is 13.7 Å². The minimum absolute atomic E-state index is 0.286. The van der Waals surface area contributed by atoms with E-state index in [1.165, 1.54) is 0 Å². The molecule has 0 unspecified atom stereocenters. The number of ether oxygens (including phenoxy) is 1. The maximum Gasteiger partial charge on any atom is 0.305 e. The van der Waals surface area contributed by atoms with E-state index < -0.39 is 0 Å². The molecule has 0 amide bonds. The fourth-order valence-corrected chi connectivity index (χ4v) is 2.76. The number of nitrogens with zero attached hydrogens (tertiary/aromatic N) is 7. The number of benzene rings is 1. The Morgan fingerprint density at radius 2 is 1.96 bits per heavy atom. The van der Waals surface area contributed by atoms with E-state index in [1.54, 1.807) is 16.3 Å². The molecule has 24 heavy (non-hydrogen) atoms. The molecular weight excluding hydrogens is 374 g/mol. The van der Waals surface area contributed by atoms with Crippen LogP contribution in [0.5, 0.6) is 6.01 Å². The van der Waals surface area contributed by atoms with Crippen LogP contribution in [0.2, 0.25) is 0 Å². The molecule has 0 saturated heterocycles. The van der Waals surface area contributed by atoms with Gasteiger partial charge in [0.25, 0.3) is 5.95 Å². The number of aromatic nitrogens is 7. The molecule has 0 aliphatic carbocycles. The molecule has 0 bridgehead atoms. The average molecular weight is 386 g/mol. The lowest BCUT2D eigenvalue weighted by Gasteiger charge is -2.08. The third-order valence-electron chi connectivity index (χ3n) is 3.45. The number of hydrogen-bond donors (Lipinski definition) is 0. The van der Waals surface area contributed by atoms with E-state index in [-0.39, 0.29) is 6.61 Å². The second-order valence-corrected chi connectivity index (χ2v) is 5.87. The van der Waals surface area contributed by atoms with Crippen molar-refractivity contribution in [3.05, 3.63) is 52.8 Å². The van der Waals surface area contributed by atoms with Crippen LogP contribution in [0.25, 0.3) is 17.0 Å². The van der Waals surface area contributed by atoms with E-state index in [9.17, 15) is 0 Å². The second kappa shape index (κ2) is 6.00. The van der Waals surface area contributed by atoms with Crippen LogP contribution >= 0.6 is 15.9 Å². The Morgan fingerprint density at radius 1 is 1.08 bits per heavy atom. The van der Waals surface area contributed by atoms with Gasteiger partial charge in [0.2, 0.25) is 0 Å². The molecule has 0 spiro atoms. The first-order valence-corrected chi connectivity index (χ1v) is 7.96. The SMILES string of the molecule is Cn1nnnc1-n1c(OCc2cccc(Br)n2)nc2ccccc21. The van der Waals surface area contributed by atoms with Crippen molar-refractivity contribution in [3.63, 3.8) is 0 Å². The minimum Gasteiger partial charge on any atom is -0.458 e. The summed E-state index contributed by atoms with van der Waals surface area (Å²) in [5, 5.41) is 11.6. The maximum atomic E-state index is 5.90. The van der Waals surface area contributed by atoms with Crippen molar-refractivity contribution in [1.82, 2.24) is 34.7 Å². The van der Waals surface area contributed by atoms with Crippen LogP contribution in [0.3, 0.4) is 0 Å². The molecule has 1 aromatic carbocycles. The highest BCUT2D eigenvalue weighted by Crippen LogP contribution is 2.25. The number of para-hydroxylation sites is 2. The summed E-state index contributed by atoms with van der Waals surface area (Å²) in [6, 6.07) is 13.8. The quantitative estimate of drug-likeness (QED) is 0.501. The smallest absolute Gasteiger partial charge is 0.305 e. The largest absolute Gasteiger partial charge is 0.458 e. The van der Waals surface area contributed by atoms with Crippen LogP contribution in [0.15, 0.2) is 47.1 Å². The predicted octanol–water partition coefficient (Wildman–Crippen LogP) is 2.29. The first kappa shape index (κ1) is 14.8. The van der Waals surface area contributed by atoms with Gasteiger partial charge in [-0.1, -0.05) is 23.3 Å². The van der Waals surface area contributed by atoms with Gasteiger partial charge < -0.3 is 4.74 Å². The van der Waals surface area contributed by atoms with E-state index in [4.69, 9.17) is 4.74 Å². The predicted molar refractivity (Wildman–Crippen MR) is 89.7 cm³/mol. The summed E-state index contributed by atoms with van der Waals surface area (Å²) >= 11 is 3.35. The normalized spacial score (nSPS) is 11.1. The molecule has 8 nitrogen and oxygen atoms in total. The number of rotatable bonds is 4. The fraction of sp³-hybridized carbons (Fsp3) is 0.133. The summed E-state index contributed by atoms with van der Waals surface area (Å²) in [6.45, 7) is 0.286. The first-order chi connectivity index (χ1) is 11.7. The van der Waals surface area contributed by atoms with E-state index >= 15 is 0 Å². The number of fused-ring (bicyclic) bond motifs is 1. The summed E-state index contributed by atoms with van der Waals surface area (Å²) < 4.78 is 10.0. The van der Waals surface area contributed by atoms with Crippen molar-refractivity contribution < 1.29 is 4.74 Å². The lowest BCUT2D eigenvalue weighted by molar-refractivity contribution is 0.272. The molecule has 0 aliphatic rings. The van der Waals surface area contributed by atoms with Crippen molar-refractivity contribution in [1.29, 1.82) is 0 Å². The van der Waals surface area contributed by atoms with Crippen molar-refractivity contribution >= 4 is 27.0 Å². The van der Waals surface area contributed by atoms with Crippen molar-refractivity contribution in [2.24, 2.45) is 7.05 Å². The van der Waals surface area contributed by atoms with Crippen LogP contribution < -0.4 is 4.74 Å². The Balaban J connectivity index is 1.76. The summed E-state index contributed by atoms with van der Waals surface area (Å²) in [5.41, 5.74) is 2.46. The number of imidazole rings is 1. The molecule has 4 rings (SSSR count). The van der Waals surface area contributed by atoms with Gasteiger partial charge in [-0.05, 0) is 50.6 Å². The van der Waals surface area contributed by atoms with E-state index in [0.717, 1.165) is 21.3 Å². The highest BCUT2D eigenvalue weighted by molar-refractivity contribution is 9.10. The highest BCUT2D eigenvalue weighted by Gasteiger charge is 2.18. The number of aryl methyl sites for hydroxylation is 1. The van der Waals surface area contributed by atoms with Gasteiger partial charge in [0.1, 0.15) is 11.2 Å². The van der Waals surface area contributed by atoms with Gasteiger partial charge in [-0.25, -0.2) is 14.2 Å². The molecule has 3 aromatic heterocycles. The molecule has 0 fully saturated rings. The Kier molecular flexibility index (Phi) is 3.69. The zero-order valence-corrected chi connectivity index (χ0v) is 14.3. The van der Waals surface area contributed by atoms with Crippen molar-refractivity contribution in [2.75, 3.05) is 0 Å². The Hall–Kier alpha value is -2.81. The zero-order valence-electron chi connectivity index (χ0n) is 12.7. The van der Waals surface area contributed by atoms with Crippen LogP contribution in [-0.4, -0.2) is 34.7 Å². The highest BCUT2D eigenvalue weighted by atomic mass is 79.9. The number of halogens is 1. The standard InChI is InChI=1S/C15H12BrN7O/c1-22-14(19-20-21-22)23-12-7-3-2-6-11(12)18-15(23)24-9-10-5-4-8-13(16)17-10/h2-8H,9H2,1H3. The van der Waals surface area contributed by atoms with Gasteiger partial charge >= 0.3 is 6.01 Å². The lowest BCUT2D eigenvalue weighted by Crippen LogP contribution is -2.08. The fourth-order valence-electron chi connectivity index (χ4n) is 2.38. The van der Waals surface area contributed by atoms with Gasteiger partial charge in [0, 0.05) is 7.05 Å². The molecule has 9 heteroatoms. The third kappa shape index (κ3) is 2.62. The molecule has 0 aliphatic heterocycles. The Bertz CT molecular complexity index is 1010. The monoisotopic (exact) mass is 385 g/mol. The van der Waals surface area contributed by atoms with Gasteiger partial charge in [0.05, 0.1) is 16.7 Å². The number of tetrazole rings is 1. The van der Waals surface area contributed by atoms with E-state index in [2.05, 4.69) is 41.4 Å². The molecule has 0 N–H and O–H groups in total. The summed E-state index contributed by atoms with van der Waals surface area (Å²) in [5.74, 6) is 0.529. The second-order valence-electron chi connectivity index (χ2n) is 5.06. The number of pyridine rings is 1. The molecule has 4 aromatic rings. The minimum atomic E-state index is 0.286. The summed E-state index contributed by atoms with van der Waals surface area (Å²) in [4.78, 5) is 8.90. The first-order valence-electron chi connectivity index (χ1n) is 7.17. The molecule has 120 valence electrons. The van der Waals surface area contributed by atoms with Crippen LogP contribution in [0.1, 0.15) is 5.69 Å². The van der Waals surface area contributed by atoms with E-state index in [0.29, 0.717) is 12.0 Å². The molecule has 3 heterocycles.